The van der Waals surface area contributed by atoms with E-state index in [9.17, 15) is 4.79 Å². The maximum Gasteiger partial charge on any atom is 0.214 e. The Bertz CT molecular complexity index is 78.7. The Morgan fingerprint density at radius 2 is 1.55 bits per heavy atom. The number of hydrogen-bond acceptors (Lipinski definition) is 4. The fourth-order valence-corrected chi connectivity index (χ4v) is 0.329. The van der Waals surface area contributed by atoms with E-state index in [4.69, 9.17) is 11.5 Å². The fraction of sp³-hybridized carbons (Fsp3) is 0.833. The maximum absolute atomic E-state index is 9.22. The lowest BCUT2D eigenvalue weighted by molar-refractivity contribution is -0.115. The molecule has 0 aliphatic heterocycles. The highest BCUT2D eigenvalue weighted by atomic mass is 16.1. The second-order valence-corrected chi connectivity index (χ2v) is 1.94. The minimum atomic E-state index is -0.333. The molecule has 0 saturated carbocycles. The van der Waals surface area contributed by atoms with Gasteiger partial charge in [-0.1, -0.05) is 0 Å². The van der Waals surface area contributed by atoms with Crippen LogP contribution in [0.4, 0.5) is 0 Å². The Hall–Kier alpha value is -0.650. The Labute approximate surface area is 67.3 Å². The summed E-state index contributed by atoms with van der Waals surface area (Å²) in [6.07, 6.45) is 0. The van der Waals surface area contributed by atoms with Gasteiger partial charge in [0.25, 0.3) is 0 Å². The molecular weight excluding hydrogens is 144 g/mol. The molecule has 0 aliphatic rings. The van der Waals surface area contributed by atoms with E-state index in [1.807, 2.05) is 0 Å². The van der Waals surface area contributed by atoms with Gasteiger partial charge in [0.2, 0.25) is 5.91 Å². The maximum atomic E-state index is 9.22. The molecule has 11 heavy (non-hydrogen) atoms. The number of carbonyl (C=O) groups is 1. The molecular formula is C6H18N4O. The van der Waals surface area contributed by atoms with Crippen LogP contribution in [0.1, 0.15) is 6.92 Å². The van der Waals surface area contributed by atoms with Crippen LogP contribution in [-0.2, 0) is 4.79 Å². The lowest BCUT2D eigenvalue weighted by atomic mass is 10.6. The van der Waals surface area contributed by atoms with Crippen molar-refractivity contribution in [3.63, 3.8) is 0 Å². The zero-order valence-electron chi connectivity index (χ0n) is 6.97. The van der Waals surface area contributed by atoms with Crippen molar-refractivity contribution in [2.45, 2.75) is 6.92 Å². The standard InChI is InChI=1S/C4H13N3.C2H5NO/c5-1-3-7-4-2-6;1-2(3)4/h7H,1-6H2;1H3,(H2,3,4). The van der Waals surface area contributed by atoms with E-state index in [1.165, 1.54) is 6.92 Å². The Kier molecular flexibility index (Phi) is 14.2. The monoisotopic (exact) mass is 162 g/mol. The molecule has 0 aromatic carbocycles. The molecule has 5 heteroatoms. The third-order valence-electron chi connectivity index (χ3n) is 0.642. The number of rotatable bonds is 4. The van der Waals surface area contributed by atoms with E-state index in [-0.39, 0.29) is 5.91 Å². The van der Waals surface area contributed by atoms with Crippen LogP contribution in [0.2, 0.25) is 0 Å². The molecule has 0 aromatic rings. The highest BCUT2D eigenvalue weighted by molar-refractivity contribution is 5.70. The molecule has 0 radical (unpaired) electrons. The van der Waals surface area contributed by atoms with Gasteiger partial charge in [-0.15, -0.1) is 0 Å². The topological polar surface area (TPSA) is 107 Å². The van der Waals surface area contributed by atoms with Gasteiger partial charge in [-0.05, 0) is 0 Å². The minimum absolute atomic E-state index is 0.333. The predicted molar refractivity (Wildman–Crippen MR) is 45.8 cm³/mol. The molecule has 1 amide bonds. The first-order chi connectivity index (χ1) is 5.15. The number of primary amides is 1. The SMILES string of the molecule is CC(N)=O.NCCNCCN. The van der Waals surface area contributed by atoms with Gasteiger partial charge in [0.15, 0.2) is 0 Å². The first-order valence-corrected chi connectivity index (χ1v) is 3.52. The summed E-state index contributed by atoms with van der Waals surface area (Å²) in [5.41, 5.74) is 14.8. The molecule has 0 unspecified atom stereocenters. The average Bonchev–Trinajstić information content (AvgIpc) is 1.88. The van der Waals surface area contributed by atoms with Gasteiger partial charge in [0.05, 0.1) is 0 Å². The second-order valence-electron chi connectivity index (χ2n) is 1.94. The normalized spacial score (nSPS) is 8.27. The van der Waals surface area contributed by atoms with Crippen molar-refractivity contribution in [2.75, 3.05) is 26.2 Å². The van der Waals surface area contributed by atoms with Crippen molar-refractivity contribution < 1.29 is 4.79 Å². The molecule has 7 N–H and O–H groups in total. The summed E-state index contributed by atoms with van der Waals surface area (Å²) in [6, 6.07) is 0. The van der Waals surface area contributed by atoms with Crippen LogP contribution in [0, 0.1) is 0 Å². The summed E-state index contributed by atoms with van der Waals surface area (Å²) in [4.78, 5) is 9.22. The molecule has 0 heterocycles. The number of carbonyl (C=O) groups excluding carboxylic acids is 1. The Morgan fingerprint density at radius 1 is 1.27 bits per heavy atom. The van der Waals surface area contributed by atoms with Gasteiger partial charge >= 0.3 is 0 Å². The molecule has 0 rings (SSSR count). The van der Waals surface area contributed by atoms with E-state index in [1.54, 1.807) is 0 Å². The molecule has 5 nitrogen and oxygen atoms in total. The molecule has 0 aliphatic carbocycles. The Balaban J connectivity index is 0. The summed E-state index contributed by atoms with van der Waals surface area (Å²) in [5, 5.41) is 3.03. The van der Waals surface area contributed by atoms with Gasteiger partial charge in [0, 0.05) is 33.1 Å². The zero-order valence-corrected chi connectivity index (χ0v) is 6.97. The van der Waals surface area contributed by atoms with E-state index in [0.29, 0.717) is 13.1 Å². The van der Waals surface area contributed by atoms with Crippen molar-refractivity contribution in [1.29, 1.82) is 0 Å². The van der Waals surface area contributed by atoms with Crippen LogP contribution >= 0.6 is 0 Å². The number of nitrogens with one attached hydrogen (secondary N) is 1. The third kappa shape index (κ3) is 45.0. The van der Waals surface area contributed by atoms with Gasteiger partial charge in [0.1, 0.15) is 0 Å². The van der Waals surface area contributed by atoms with Gasteiger partial charge < -0.3 is 22.5 Å². The molecule has 0 saturated heterocycles. The van der Waals surface area contributed by atoms with Crippen molar-refractivity contribution in [1.82, 2.24) is 5.32 Å². The smallest absolute Gasteiger partial charge is 0.214 e. The van der Waals surface area contributed by atoms with Crippen LogP contribution < -0.4 is 22.5 Å². The Morgan fingerprint density at radius 3 is 1.73 bits per heavy atom. The van der Waals surface area contributed by atoms with E-state index >= 15 is 0 Å². The fourth-order valence-electron chi connectivity index (χ4n) is 0.329. The zero-order chi connectivity index (χ0) is 9.11. The largest absolute Gasteiger partial charge is 0.370 e. The van der Waals surface area contributed by atoms with Crippen LogP contribution in [-0.4, -0.2) is 32.1 Å². The quantitative estimate of drug-likeness (QED) is 0.358. The van der Waals surface area contributed by atoms with Crippen LogP contribution in [0.25, 0.3) is 0 Å². The first-order valence-electron chi connectivity index (χ1n) is 3.52. The highest BCUT2D eigenvalue weighted by Crippen LogP contribution is 1.49. The van der Waals surface area contributed by atoms with Gasteiger partial charge in [-0.3, -0.25) is 4.79 Å². The van der Waals surface area contributed by atoms with Crippen LogP contribution in [0.15, 0.2) is 0 Å². The van der Waals surface area contributed by atoms with Crippen molar-refractivity contribution in [2.24, 2.45) is 17.2 Å². The molecule has 0 aromatic heterocycles. The third-order valence-corrected chi connectivity index (χ3v) is 0.642. The minimum Gasteiger partial charge on any atom is -0.370 e. The lowest BCUT2D eigenvalue weighted by Crippen LogP contribution is -2.27. The van der Waals surface area contributed by atoms with Crippen molar-refractivity contribution in [3.8, 4) is 0 Å². The van der Waals surface area contributed by atoms with Crippen molar-refractivity contribution >= 4 is 5.91 Å². The van der Waals surface area contributed by atoms with Crippen LogP contribution in [0.5, 0.6) is 0 Å². The molecule has 0 atom stereocenters. The number of nitrogens with two attached hydrogens (primary N) is 3. The van der Waals surface area contributed by atoms with E-state index in [2.05, 4.69) is 11.1 Å². The summed E-state index contributed by atoms with van der Waals surface area (Å²) >= 11 is 0. The first kappa shape index (κ1) is 13.0. The summed E-state index contributed by atoms with van der Waals surface area (Å²) < 4.78 is 0. The van der Waals surface area contributed by atoms with Crippen molar-refractivity contribution in [3.05, 3.63) is 0 Å². The number of amides is 1. The molecule has 0 fully saturated rings. The highest BCUT2D eigenvalue weighted by Gasteiger charge is 1.76. The average molecular weight is 162 g/mol. The second kappa shape index (κ2) is 12.1. The molecule has 68 valence electrons. The number of hydrogen-bond donors (Lipinski definition) is 4. The van der Waals surface area contributed by atoms with Gasteiger partial charge in [-0.25, -0.2) is 0 Å². The van der Waals surface area contributed by atoms with Crippen LogP contribution in [0.3, 0.4) is 0 Å². The molecule has 0 spiro atoms. The summed E-state index contributed by atoms with van der Waals surface area (Å²) in [5.74, 6) is -0.333. The van der Waals surface area contributed by atoms with Gasteiger partial charge in [-0.2, -0.15) is 0 Å². The summed E-state index contributed by atoms with van der Waals surface area (Å²) in [6.45, 7) is 4.44. The summed E-state index contributed by atoms with van der Waals surface area (Å²) in [7, 11) is 0. The van der Waals surface area contributed by atoms with E-state index in [0.717, 1.165) is 13.1 Å². The molecule has 0 bridgehead atoms. The van der Waals surface area contributed by atoms with E-state index < -0.39 is 0 Å². The lowest BCUT2D eigenvalue weighted by Gasteiger charge is -1.95. The predicted octanol–water partition coefficient (Wildman–Crippen LogP) is -2.01.